The average molecular weight is 279 g/mol. The first-order valence-corrected chi connectivity index (χ1v) is 7.23. The van der Waals surface area contributed by atoms with Crippen molar-refractivity contribution >= 4 is 29.3 Å². The van der Waals surface area contributed by atoms with Crippen LogP contribution in [-0.2, 0) is 4.79 Å². The normalized spacial score (nSPS) is 16.5. The van der Waals surface area contributed by atoms with Crippen LogP contribution in [0.2, 0.25) is 0 Å². The summed E-state index contributed by atoms with van der Waals surface area (Å²) in [6.07, 6.45) is 6.07. The number of carboxylic acid groups (broad SMARTS) is 1. The molecule has 1 saturated carbocycles. The average Bonchev–Trinajstić information content (AvgIpc) is 3.01. The summed E-state index contributed by atoms with van der Waals surface area (Å²) in [7, 11) is 0. The predicted molar refractivity (Wildman–Crippen MR) is 75.3 cm³/mol. The lowest BCUT2D eigenvalue weighted by atomic mass is 10.1. The van der Waals surface area contributed by atoms with Crippen molar-refractivity contribution in [1.29, 1.82) is 0 Å². The van der Waals surface area contributed by atoms with E-state index in [2.05, 4.69) is 5.32 Å². The Morgan fingerprint density at radius 2 is 2.32 bits per heavy atom. The fourth-order valence-electron chi connectivity index (χ4n) is 2.00. The summed E-state index contributed by atoms with van der Waals surface area (Å²) in [5.74, 6) is -0.363. The van der Waals surface area contributed by atoms with Gasteiger partial charge in [0.15, 0.2) is 0 Å². The molecule has 1 heterocycles. The van der Waals surface area contributed by atoms with Gasteiger partial charge in [0.25, 0.3) is 5.91 Å². The van der Waals surface area contributed by atoms with Gasteiger partial charge >= 0.3 is 5.97 Å². The monoisotopic (exact) mass is 279 g/mol. The van der Waals surface area contributed by atoms with Gasteiger partial charge in [-0.25, -0.2) is 4.79 Å². The molecule has 0 bridgehead atoms. The van der Waals surface area contributed by atoms with Gasteiger partial charge in [-0.1, -0.05) is 12.8 Å². The molecule has 1 amide bonds. The first kappa shape index (κ1) is 13.8. The van der Waals surface area contributed by atoms with Crippen LogP contribution in [0.5, 0.6) is 0 Å². The van der Waals surface area contributed by atoms with Crippen LogP contribution in [0.1, 0.15) is 41.4 Å². The number of hydrogen-bond acceptors (Lipinski definition) is 3. The highest BCUT2D eigenvalue weighted by atomic mass is 32.1. The van der Waals surface area contributed by atoms with E-state index in [1.165, 1.54) is 30.3 Å². The number of rotatable bonds is 6. The van der Waals surface area contributed by atoms with Crippen LogP contribution in [0, 0.1) is 5.92 Å². The molecule has 1 aromatic heterocycles. The van der Waals surface area contributed by atoms with Crippen LogP contribution in [0.15, 0.2) is 17.5 Å². The van der Waals surface area contributed by atoms with E-state index in [0.717, 1.165) is 18.4 Å². The quantitative estimate of drug-likeness (QED) is 0.787. The van der Waals surface area contributed by atoms with Crippen LogP contribution in [0.4, 0.5) is 0 Å². The first-order valence-electron chi connectivity index (χ1n) is 6.35. The molecule has 1 aromatic rings. The summed E-state index contributed by atoms with van der Waals surface area (Å²) in [5, 5.41) is 13.4. The molecule has 19 heavy (non-hydrogen) atoms. The largest absolute Gasteiger partial charge is 0.478 e. The number of carbonyl (C=O) groups is 2. The number of amides is 1. The summed E-state index contributed by atoms with van der Waals surface area (Å²) >= 11 is 1.33. The van der Waals surface area contributed by atoms with Crippen molar-refractivity contribution in [1.82, 2.24) is 5.32 Å². The molecule has 0 radical (unpaired) electrons. The summed E-state index contributed by atoms with van der Waals surface area (Å²) in [5.41, 5.74) is 0.656. The molecule has 4 nitrogen and oxygen atoms in total. The van der Waals surface area contributed by atoms with Crippen LogP contribution in [-0.4, -0.2) is 23.0 Å². The first-order chi connectivity index (χ1) is 9.06. The number of carboxylic acids is 1. The Morgan fingerprint density at radius 1 is 1.58 bits per heavy atom. The van der Waals surface area contributed by atoms with Gasteiger partial charge in [-0.3, -0.25) is 4.79 Å². The van der Waals surface area contributed by atoms with Crippen LogP contribution in [0.3, 0.4) is 0 Å². The minimum Gasteiger partial charge on any atom is -0.478 e. The van der Waals surface area contributed by atoms with Gasteiger partial charge in [-0.05, 0) is 42.3 Å². The van der Waals surface area contributed by atoms with Crippen molar-refractivity contribution in [2.75, 3.05) is 0 Å². The van der Waals surface area contributed by atoms with Crippen molar-refractivity contribution < 1.29 is 14.7 Å². The molecule has 2 N–H and O–H groups in total. The lowest BCUT2D eigenvalue weighted by Crippen LogP contribution is -2.32. The maximum Gasteiger partial charge on any atom is 0.328 e. The lowest BCUT2D eigenvalue weighted by Gasteiger charge is -2.12. The Morgan fingerprint density at radius 3 is 2.95 bits per heavy atom. The van der Waals surface area contributed by atoms with Gasteiger partial charge in [0.2, 0.25) is 0 Å². The summed E-state index contributed by atoms with van der Waals surface area (Å²) in [6, 6.07) is 1.92. The SMILES string of the molecule is CC(CC1CC1)NC(=O)c1sccc1C=CC(=O)O. The third-order valence-corrected chi connectivity index (χ3v) is 4.00. The van der Waals surface area contributed by atoms with Gasteiger partial charge in [0, 0.05) is 12.1 Å². The van der Waals surface area contributed by atoms with Crippen molar-refractivity contribution in [3.8, 4) is 0 Å². The Balaban J connectivity index is 1.98. The van der Waals surface area contributed by atoms with Crippen molar-refractivity contribution in [2.45, 2.75) is 32.2 Å². The van der Waals surface area contributed by atoms with Crippen LogP contribution >= 0.6 is 11.3 Å². The molecule has 1 aliphatic carbocycles. The van der Waals surface area contributed by atoms with E-state index in [1.54, 1.807) is 11.4 Å². The van der Waals surface area contributed by atoms with E-state index in [0.29, 0.717) is 10.4 Å². The third kappa shape index (κ3) is 4.21. The van der Waals surface area contributed by atoms with Gasteiger partial charge in [-0.15, -0.1) is 11.3 Å². The number of carbonyl (C=O) groups excluding carboxylic acids is 1. The lowest BCUT2D eigenvalue weighted by molar-refractivity contribution is -0.131. The number of aliphatic carboxylic acids is 1. The molecule has 5 heteroatoms. The molecule has 0 aliphatic heterocycles. The van der Waals surface area contributed by atoms with Crippen molar-refractivity contribution in [3.63, 3.8) is 0 Å². The van der Waals surface area contributed by atoms with E-state index in [1.807, 2.05) is 6.92 Å². The smallest absolute Gasteiger partial charge is 0.328 e. The molecule has 0 spiro atoms. The van der Waals surface area contributed by atoms with Gasteiger partial charge in [0.1, 0.15) is 0 Å². The Labute approximate surface area is 116 Å². The van der Waals surface area contributed by atoms with E-state index >= 15 is 0 Å². The Hall–Kier alpha value is -1.62. The molecular formula is C14H17NO3S. The fraction of sp³-hybridized carbons (Fsp3) is 0.429. The van der Waals surface area contributed by atoms with Gasteiger partial charge < -0.3 is 10.4 Å². The van der Waals surface area contributed by atoms with Gasteiger partial charge in [0.05, 0.1) is 4.88 Å². The van der Waals surface area contributed by atoms with Crippen molar-refractivity contribution in [3.05, 3.63) is 28.0 Å². The minimum atomic E-state index is -1.01. The second-order valence-electron chi connectivity index (χ2n) is 4.93. The third-order valence-electron chi connectivity index (χ3n) is 3.07. The molecule has 2 rings (SSSR count). The molecular weight excluding hydrogens is 262 g/mol. The summed E-state index contributed by atoms with van der Waals surface area (Å²) in [4.78, 5) is 23.2. The summed E-state index contributed by atoms with van der Waals surface area (Å²) < 4.78 is 0. The molecule has 0 aromatic carbocycles. The van der Waals surface area contributed by atoms with Crippen molar-refractivity contribution in [2.24, 2.45) is 5.92 Å². The maximum absolute atomic E-state index is 12.1. The Kier molecular flexibility index (Phi) is 4.37. The van der Waals surface area contributed by atoms with Crippen LogP contribution in [0.25, 0.3) is 6.08 Å². The van der Waals surface area contributed by atoms with E-state index < -0.39 is 5.97 Å². The van der Waals surface area contributed by atoms with E-state index in [-0.39, 0.29) is 11.9 Å². The Bertz CT molecular complexity index is 503. The topological polar surface area (TPSA) is 66.4 Å². The number of thiophene rings is 1. The zero-order valence-corrected chi connectivity index (χ0v) is 11.6. The minimum absolute atomic E-state index is 0.117. The summed E-state index contributed by atoms with van der Waals surface area (Å²) in [6.45, 7) is 2.01. The number of hydrogen-bond donors (Lipinski definition) is 2. The van der Waals surface area contributed by atoms with Gasteiger partial charge in [-0.2, -0.15) is 0 Å². The zero-order valence-electron chi connectivity index (χ0n) is 10.8. The van der Waals surface area contributed by atoms with Crippen LogP contribution < -0.4 is 5.32 Å². The molecule has 1 fully saturated rings. The highest BCUT2D eigenvalue weighted by Crippen LogP contribution is 2.33. The number of nitrogens with one attached hydrogen (secondary N) is 1. The van der Waals surface area contributed by atoms with E-state index in [4.69, 9.17) is 5.11 Å². The fourth-order valence-corrected chi connectivity index (χ4v) is 2.79. The molecule has 102 valence electrons. The molecule has 0 saturated heterocycles. The molecule has 1 unspecified atom stereocenters. The predicted octanol–water partition coefficient (Wildman–Crippen LogP) is 2.76. The standard InChI is InChI=1S/C14H17NO3S/c1-9(8-10-2-3-10)15-14(18)13-11(6-7-19-13)4-5-12(16)17/h4-7,9-10H,2-3,8H2,1H3,(H,15,18)(H,16,17). The highest BCUT2D eigenvalue weighted by molar-refractivity contribution is 7.12. The highest BCUT2D eigenvalue weighted by Gasteiger charge is 2.24. The molecule has 1 atom stereocenters. The molecule has 1 aliphatic rings. The maximum atomic E-state index is 12.1. The second kappa shape index (κ2) is 6.02. The second-order valence-corrected chi connectivity index (χ2v) is 5.85. The van der Waals surface area contributed by atoms with E-state index in [9.17, 15) is 9.59 Å². The zero-order chi connectivity index (χ0) is 13.8.